The number of carbonyl (C=O) groups is 1. The topological polar surface area (TPSA) is 64.3 Å². The number of ether oxygens (including phenoxy) is 1. The van der Waals surface area contributed by atoms with Crippen LogP contribution < -0.4 is 11.1 Å². The first kappa shape index (κ1) is 10.5. The van der Waals surface area contributed by atoms with Gasteiger partial charge in [0, 0.05) is 12.6 Å². The number of primary amides is 1. The summed E-state index contributed by atoms with van der Waals surface area (Å²) < 4.78 is 5.29. The Hall–Kier alpha value is -0.610. The van der Waals surface area contributed by atoms with Crippen molar-refractivity contribution in [1.29, 1.82) is 0 Å². The molecule has 76 valence electrons. The molecule has 2 atom stereocenters. The van der Waals surface area contributed by atoms with Crippen molar-refractivity contribution in [3.05, 3.63) is 0 Å². The zero-order valence-electron chi connectivity index (χ0n) is 8.08. The molecule has 2 unspecified atom stereocenters. The SMILES string of the molecule is CCC(NC1CCCOC1)C(N)=O. The molecule has 4 nitrogen and oxygen atoms in total. The van der Waals surface area contributed by atoms with Gasteiger partial charge in [-0.05, 0) is 19.3 Å². The molecule has 4 heteroatoms. The summed E-state index contributed by atoms with van der Waals surface area (Å²) in [6.45, 7) is 3.49. The maximum absolute atomic E-state index is 10.9. The van der Waals surface area contributed by atoms with Crippen LogP contribution in [0, 0.1) is 0 Å². The van der Waals surface area contributed by atoms with E-state index in [1.807, 2.05) is 6.92 Å². The Labute approximate surface area is 78.8 Å². The van der Waals surface area contributed by atoms with Crippen LogP contribution in [-0.4, -0.2) is 31.2 Å². The van der Waals surface area contributed by atoms with Crippen LogP contribution >= 0.6 is 0 Å². The van der Waals surface area contributed by atoms with E-state index >= 15 is 0 Å². The zero-order valence-corrected chi connectivity index (χ0v) is 8.08. The highest BCUT2D eigenvalue weighted by Gasteiger charge is 2.20. The number of rotatable bonds is 4. The van der Waals surface area contributed by atoms with Crippen molar-refractivity contribution in [2.45, 2.75) is 38.3 Å². The lowest BCUT2D eigenvalue weighted by Crippen LogP contribution is -2.48. The second-order valence-corrected chi connectivity index (χ2v) is 3.44. The first-order chi connectivity index (χ1) is 6.24. The molecule has 1 aliphatic heterocycles. The summed E-state index contributed by atoms with van der Waals surface area (Å²) in [6.07, 6.45) is 2.88. The molecule has 0 aromatic heterocycles. The smallest absolute Gasteiger partial charge is 0.234 e. The van der Waals surface area contributed by atoms with E-state index < -0.39 is 0 Å². The Balaban J connectivity index is 2.31. The summed E-state index contributed by atoms with van der Waals surface area (Å²) >= 11 is 0. The summed E-state index contributed by atoms with van der Waals surface area (Å²) in [5.41, 5.74) is 5.22. The number of nitrogens with two attached hydrogens (primary N) is 1. The number of amides is 1. The monoisotopic (exact) mass is 186 g/mol. The molecule has 0 aromatic carbocycles. The lowest BCUT2D eigenvalue weighted by atomic mass is 10.1. The van der Waals surface area contributed by atoms with Gasteiger partial charge in [0.2, 0.25) is 5.91 Å². The second kappa shape index (κ2) is 5.19. The fourth-order valence-corrected chi connectivity index (χ4v) is 1.56. The van der Waals surface area contributed by atoms with Gasteiger partial charge in [-0.1, -0.05) is 6.92 Å². The number of hydrogen-bond donors (Lipinski definition) is 2. The molecule has 1 saturated heterocycles. The molecular weight excluding hydrogens is 168 g/mol. The van der Waals surface area contributed by atoms with Crippen LogP contribution in [0.15, 0.2) is 0 Å². The Morgan fingerprint density at radius 1 is 1.77 bits per heavy atom. The number of hydrogen-bond acceptors (Lipinski definition) is 3. The van der Waals surface area contributed by atoms with E-state index in [2.05, 4.69) is 5.32 Å². The predicted octanol–water partition coefficient (Wildman–Crippen LogP) is 0.0189. The average Bonchev–Trinajstić information content (AvgIpc) is 2.15. The Kier molecular flexibility index (Phi) is 4.18. The van der Waals surface area contributed by atoms with Gasteiger partial charge < -0.3 is 15.8 Å². The quantitative estimate of drug-likeness (QED) is 0.650. The van der Waals surface area contributed by atoms with Crippen molar-refractivity contribution in [3.63, 3.8) is 0 Å². The third-order valence-corrected chi connectivity index (χ3v) is 2.35. The van der Waals surface area contributed by atoms with E-state index in [1.165, 1.54) is 0 Å². The first-order valence-electron chi connectivity index (χ1n) is 4.87. The van der Waals surface area contributed by atoms with Gasteiger partial charge in [0.1, 0.15) is 0 Å². The number of carbonyl (C=O) groups excluding carboxylic acids is 1. The highest BCUT2D eigenvalue weighted by atomic mass is 16.5. The number of nitrogens with one attached hydrogen (secondary N) is 1. The van der Waals surface area contributed by atoms with Gasteiger partial charge in [0.15, 0.2) is 0 Å². The molecule has 0 aromatic rings. The minimum atomic E-state index is -0.270. The van der Waals surface area contributed by atoms with E-state index in [9.17, 15) is 4.79 Å². The summed E-state index contributed by atoms with van der Waals surface area (Å²) in [4.78, 5) is 10.9. The molecule has 1 aliphatic rings. The summed E-state index contributed by atoms with van der Waals surface area (Å²) in [7, 11) is 0. The summed E-state index contributed by atoms with van der Waals surface area (Å²) in [5.74, 6) is -0.270. The lowest BCUT2D eigenvalue weighted by Gasteiger charge is -2.26. The molecule has 0 radical (unpaired) electrons. The lowest BCUT2D eigenvalue weighted by molar-refractivity contribution is -0.120. The highest BCUT2D eigenvalue weighted by Crippen LogP contribution is 2.07. The van der Waals surface area contributed by atoms with Crippen molar-refractivity contribution in [2.24, 2.45) is 5.73 Å². The van der Waals surface area contributed by atoms with E-state index in [1.54, 1.807) is 0 Å². The standard InChI is InChI=1S/C9H18N2O2/c1-2-8(9(10)12)11-7-4-3-5-13-6-7/h7-8,11H,2-6H2,1H3,(H2,10,12). The van der Waals surface area contributed by atoms with E-state index in [0.29, 0.717) is 12.6 Å². The van der Waals surface area contributed by atoms with E-state index in [0.717, 1.165) is 25.9 Å². The highest BCUT2D eigenvalue weighted by molar-refractivity contribution is 5.79. The van der Waals surface area contributed by atoms with Crippen LogP contribution in [0.2, 0.25) is 0 Å². The summed E-state index contributed by atoms with van der Waals surface area (Å²) in [5, 5.41) is 3.21. The van der Waals surface area contributed by atoms with Crippen LogP contribution in [0.3, 0.4) is 0 Å². The molecular formula is C9H18N2O2. The fraction of sp³-hybridized carbons (Fsp3) is 0.889. The molecule has 1 amide bonds. The average molecular weight is 186 g/mol. The molecule has 0 saturated carbocycles. The Morgan fingerprint density at radius 3 is 3.00 bits per heavy atom. The largest absolute Gasteiger partial charge is 0.380 e. The van der Waals surface area contributed by atoms with Gasteiger partial charge in [0.25, 0.3) is 0 Å². The minimum absolute atomic E-state index is 0.202. The first-order valence-corrected chi connectivity index (χ1v) is 4.87. The van der Waals surface area contributed by atoms with Crippen LogP contribution in [0.1, 0.15) is 26.2 Å². The van der Waals surface area contributed by atoms with Crippen LogP contribution in [0.25, 0.3) is 0 Å². The van der Waals surface area contributed by atoms with Crippen molar-refractivity contribution < 1.29 is 9.53 Å². The molecule has 0 aliphatic carbocycles. The maximum atomic E-state index is 10.9. The maximum Gasteiger partial charge on any atom is 0.234 e. The van der Waals surface area contributed by atoms with Gasteiger partial charge in [-0.3, -0.25) is 4.79 Å². The molecule has 3 N–H and O–H groups in total. The second-order valence-electron chi connectivity index (χ2n) is 3.44. The van der Waals surface area contributed by atoms with Crippen molar-refractivity contribution in [3.8, 4) is 0 Å². The molecule has 1 fully saturated rings. The third kappa shape index (κ3) is 3.32. The Morgan fingerprint density at radius 2 is 2.54 bits per heavy atom. The summed E-state index contributed by atoms with van der Waals surface area (Å²) in [6, 6.07) is 0.0953. The molecule has 13 heavy (non-hydrogen) atoms. The zero-order chi connectivity index (χ0) is 9.68. The van der Waals surface area contributed by atoms with Crippen LogP contribution in [0.5, 0.6) is 0 Å². The van der Waals surface area contributed by atoms with E-state index in [4.69, 9.17) is 10.5 Å². The Bertz CT molecular complexity index is 167. The fourth-order valence-electron chi connectivity index (χ4n) is 1.56. The molecule has 1 heterocycles. The van der Waals surface area contributed by atoms with Gasteiger partial charge in [-0.15, -0.1) is 0 Å². The van der Waals surface area contributed by atoms with Crippen molar-refractivity contribution in [1.82, 2.24) is 5.32 Å². The van der Waals surface area contributed by atoms with Crippen LogP contribution in [0.4, 0.5) is 0 Å². The van der Waals surface area contributed by atoms with Crippen molar-refractivity contribution >= 4 is 5.91 Å². The van der Waals surface area contributed by atoms with Gasteiger partial charge in [-0.25, -0.2) is 0 Å². The molecule has 1 rings (SSSR count). The molecule has 0 spiro atoms. The minimum Gasteiger partial charge on any atom is -0.380 e. The van der Waals surface area contributed by atoms with Crippen LogP contribution in [-0.2, 0) is 9.53 Å². The van der Waals surface area contributed by atoms with Gasteiger partial charge in [0.05, 0.1) is 12.6 Å². The van der Waals surface area contributed by atoms with Crippen molar-refractivity contribution in [2.75, 3.05) is 13.2 Å². The normalized spacial score (nSPS) is 25.5. The van der Waals surface area contributed by atoms with E-state index in [-0.39, 0.29) is 11.9 Å². The molecule has 0 bridgehead atoms. The predicted molar refractivity (Wildman–Crippen MR) is 50.3 cm³/mol. The van der Waals surface area contributed by atoms with Gasteiger partial charge in [-0.2, -0.15) is 0 Å². The van der Waals surface area contributed by atoms with Gasteiger partial charge >= 0.3 is 0 Å². The third-order valence-electron chi connectivity index (χ3n) is 2.35.